The number of hydrogen-bond acceptors (Lipinski definition) is 3. The lowest BCUT2D eigenvalue weighted by Gasteiger charge is -2.38. The maximum absolute atomic E-state index is 11.3. The van der Waals surface area contributed by atoms with Crippen molar-refractivity contribution in [2.75, 3.05) is 26.2 Å². The average molecular weight is 253 g/mol. The first-order valence-corrected chi connectivity index (χ1v) is 7.41. The number of likely N-dealkylation sites (tertiary alicyclic amines) is 1. The minimum Gasteiger partial charge on any atom is -0.369 e. The SMILES string of the molecule is CC1CCC(C(N)=O)CN1CCC1CCNCC1. The van der Waals surface area contributed by atoms with Crippen LogP contribution in [0.25, 0.3) is 0 Å². The molecule has 104 valence electrons. The lowest BCUT2D eigenvalue weighted by molar-refractivity contribution is -0.124. The van der Waals surface area contributed by atoms with E-state index in [1.807, 2.05) is 0 Å². The molecule has 2 unspecified atom stereocenters. The summed E-state index contributed by atoms with van der Waals surface area (Å²) in [6.45, 7) is 6.63. The van der Waals surface area contributed by atoms with Gasteiger partial charge in [0.1, 0.15) is 0 Å². The Labute approximate surface area is 110 Å². The Bertz CT molecular complexity index is 276. The summed E-state index contributed by atoms with van der Waals surface area (Å²) >= 11 is 0. The second-order valence-electron chi connectivity index (χ2n) is 6.00. The summed E-state index contributed by atoms with van der Waals surface area (Å²) in [5.74, 6) is 0.829. The molecule has 18 heavy (non-hydrogen) atoms. The molecule has 2 atom stereocenters. The zero-order chi connectivity index (χ0) is 13.0. The molecule has 0 spiro atoms. The second kappa shape index (κ2) is 6.53. The third-order valence-corrected chi connectivity index (χ3v) is 4.70. The molecule has 2 heterocycles. The lowest BCUT2D eigenvalue weighted by atomic mass is 9.90. The minimum absolute atomic E-state index is 0.0780. The number of primary amides is 1. The quantitative estimate of drug-likeness (QED) is 0.784. The van der Waals surface area contributed by atoms with Gasteiger partial charge < -0.3 is 11.1 Å². The number of hydrogen-bond donors (Lipinski definition) is 2. The first kappa shape index (κ1) is 13.8. The van der Waals surface area contributed by atoms with Gasteiger partial charge in [0.25, 0.3) is 0 Å². The molecule has 0 aromatic carbocycles. The number of carbonyl (C=O) groups excluding carboxylic acids is 1. The summed E-state index contributed by atoms with van der Waals surface area (Å²) in [4.78, 5) is 13.8. The Kier molecular flexibility index (Phi) is 5.01. The van der Waals surface area contributed by atoms with Crippen LogP contribution in [0, 0.1) is 11.8 Å². The summed E-state index contributed by atoms with van der Waals surface area (Å²) in [5.41, 5.74) is 5.44. The van der Waals surface area contributed by atoms with Gasteiger partial charge in [-0.1, -0.05) is 0 Å². The highest BCUT2D eigenvalue weighted by Gasteiger charge is 2.28. The van der Waals surface area contributed by atoms with Gasteiger partial charge in [-0.25, -0.2) is 0 Å². The Morgan fingerprint density at radius 2 is 2.00 bits per heavy atom. The van der Waals surface area contributed by atoms with Gasteiger partial charge in [0.05, 0.1) is 5.92 Å². The first-order chi connectivity index (χ1) is 8.66. The molecule has 1 amide bonds. The van der Waals surface area contributed by atoms with E-state index in [2.05, 4.69) is 17.1 Å². The van der Waals surface area contributed by atoms with Gasteiger partial charge >= 0.3 is 0 Å². The number of nitrogens with two attached hydrogens (primary N) is 1. The van der Waals surface area contributed by atoms with Crippen molar-refractivity contribution in [3.63, 3.8) is 0 Å². The molecule has 2 saturated heterocycles. The van der Waals surface area contributed by atoms with Crippen molar-refractivity contribution in [3.8, 4) is 0 Å². The molecule has 2 aliphatic heterocycles. The number of nitrogens with one attached hydrogen (secondary N) is 1. The van der Waals surface area contributed by atoms with Crippen molar-refractivity contribution in [1.29, 1.82) is 0 Å². The molecular weight excluding hydrogens is 226 g/mol. The molecule has 0 aliphatic carbocycles. The summed E-state index contributed by atoms with van der Waals surface area (Å²) in [7, 11) is 0. The largest absolute Gasteiger partial charge is 0.369 e. The van der Waals surface area contributed by atoms with Gasteiger partial charge in [0.2, 0.25) is 5.91 Å². The zero-order valence-corrected chi connectivity index (χ0v) is 11.5. The van der Waals surface area contributed by atoms with E-state index in [-0.39, 0.29) is 11.8 Å². The van der Waals surface area contributed by atoms with Crippen molar-refractivity contribution in [2.45, 2.75) is 45.1 Å². The molecule has 4 heteroatoms. The summed E-state index contributed by atoms with van der Waals surface area (Å²) in [6, 6.07) is 0.613. The number of carbonyl (C=O) groups is 1. The Balaban J connectivity index is 1.77. The molecule has 0 saturated carbocycles. The fourth-order valence-electron chi connectivity index (χ4n) is 3.24. The van der Waals surface area contributed by atoms with Crippen molar-refractivity contribution in [3.05, 3.63) is 0 Å². The predicted octanol–water partition coefficient (Wildman–Crippen LogP) is 0.962. The van der Waals surface area contributed by atoms with E-state index in [4.69, 9.17) is 5.73 Å². The Morgan fingerprint density at radius 1 is 1.28 bits per heavy atom. The Hall–Kier alpha value is -0.610. The number of amides is 1. The van der Waals surface area contributed by atoms with Gasteiger partial charge in [-0.2, -0.15) is 0 Å². The van der Waals surface area contributed by atoms with Gasteiger partial charge in [-0.05, 0) is 64.6 Å². The van der Waals surface area contributed by atoms with E-state index in [9.17, 15) is 4.79 Å². The van der Waals surface area contributed by atoms with Crippen LogP contribution in [0.3, 0.4) is 0 Å². The maximum Gasteiger partial charge on any atom is 0.221 e. The van der Waals surface area contributed by atoms with Crippen LogP contribution in [0.15, 0.2) is 0 Å². The van der Waals surface area contributed by atoms with Gasteiger partial charge in [-0.15, -0.1) is 0 Å². The molecule has 2 aliphatic rings. The smallest absolute Gasteiger partial charge is 0.221 e. The van der Waals surface area contributed by atoms with Crippen LogP contribution in [0.4, 0.5) is 0 Å². The lowest BCUT2D eigenvalue weighted by Crippen LogP contribution is -2.46. The van der Waals surface area contributed by atoms with E-state index in [1.54, 1.807) is 0 Å². The number of nitrogens with zero attached hydrogens (tertiary/aromatic N) is 1. The van der Waals surface area contributed by atoms with Gasteiger partial charge in [0.15, 0.2) is 0 Å². The monoisotopic (exact) mass is 253 g/mol. The molecule has 0 radical (unpaired) electrons. The maximum atomic E-state index is 11.3. The molecule has 2 fully saturated rings. The highest BCUT2D eigenvalue weighted by atomic mass is 16.1. The highest BCUT2D eigenvalue weighted by molar-refractivity contribution is 5.76. The van der Waals surface area contributed by atoms with Crippen molar-refractivity contribution in [1.82, 2.24) is 10.2 Å². The second-order valence-corrected chi connectivity index (χ2v) is 6.00. The molecule has 2 rings (SSSR count). The molecule has 4 nitrogen and oxygen atoms in total. The number of rotatable bonds is 4. The highest BCUT2D eigenvalue weighted by Crippen LogP contribution is 2.24. The van der Waals surface area contributed by atoms with Crippen molar-refractivity contribution < 1.29 is 4.79 Å². The van der Waals surface area contributed by atoms with Crippen LogP contribution in [-0.2, 0) is 4.79 Å². The van der Waals surface area contributed by atoms with Crippen LogP contribution in [0.5, 0.6) is 0 Å². The van der Waals surface area contributed by atoms with E-state index in [1.165, 1.54) is 32.4 Å². The van der Waals surface area contributed by atoms with Crippen LogP contribution in [0.2, 0.25) is 0 Å². The minimum atomic E-state index is -0.117. The third-order valence-electron chi connectivity index (χ3n) is 4.70. The van der Waals surface area contributed by atoms with Crippen molar-refractivity contribution >= 4 is 5.91 Å². The standard InChI is InChI=1S/C14H27N3O/c1-11-2-3-13(14(15)18)10-17(11)9-6-12-4-7-16-8-5-12/h11-13,16H,2-10H2,1H3,(H2,15,18). The topological polar surface area (TPSA) is 58.4 Å². The van der Waals surface area contributed by atoms with Gasteiger partial charge in [-0.3, -0.25) is 9.69 Å². The average Bonchev–Trinajstić information content (AvgIpc) is 2.38. The summed E-state index contributed by atoms with van der Waals surface area (Å²) < 4.78 is 0. The van der Waals surface area contributed by atoms with Crippen molar-refractivity contribution in [2.24, 2.45) is 17.6 Å². The zero-order valence-electron chi connectivity index (χ0n) is 11.5. The van der Waals surface area contributed by atoms with E-state index < -0.39 is 0 Å². The fourth-order valence-corrected chi connectivity index (χ4v) is 3.24. The number of piperidine rings is 2. The van der Waals surface area contributed by atoms with Crippen LogP contribution < -0.4 is 11.1 Å². The van der Waals surface area contributed by atoms with Crippen LogP contribution in [0.1, 0.15) is 39.0 Å². The molecule has 0 aromatic heterocycles. The molecular formula is C14H27N3O. The third kappa shape index (κ3) is 3.69. The van der Waals surface area contributed by atoms with Crippen LogP contribution in [-0.4, -0.2) is 43.0 Å². The fraction of sp³-hybridized carbons (Fsp3) is 0.929. The van der Waals surface area contributed by atoms with E-state index in [0.29, 0.717) is 6.04 Å². The summed E-state index contributed by atoms with van der Waals surface area (Å²) in [5, 5.41) is 3.41. The molecule has 0 aromatic rings. The van der Waals surface area contributed by atoms with Crippen LogP contribution >= 0.6 is 0 Å². The predicted molar refractivity (Wildman–Crippen MR) is 73.2 cm³/mol. The molecule has 3 N–H and O–H groups in total. The normalized spacial score (nSPS) is 31.4. The first-order valence-electron chi connectivity index (χ1n) is 7.41. The summed E-state index contributed by atoms with van der Waals surface area (Å²) in [6.07, 6.45) is 5.97. The van der Waals surface area contributed by atoms with Gasteiger partial charge in [0, 0.05) is 12.6 Å². The Morgan fingerprint density at radius 3 is 2.67 bits per heavy atom. The van der Waals surface area contributed by atoms with E-state index >= 15 is 0 Å². The molecule has 0 bridgehead atoms. The van der Waals surface area contributed by atoms with E-state index in [0.717, 1.165) is 31.8 Å².